The molecule has 0 bridgehead atoms. The number of rotatable bonds is 6. The molecule has 1 aromatic heterocycles. The van der Waals surface area contributed by atoms with Gasteiger partial charge in [0.2, 0.25) is 5.91 Å². The molecule has 0 saturated heterocycles. The van der Waals surface area contributed by atoms with E-state index in [4.69, 9.17) is 0 Å². The lowest BCUT2D eigenvalue weighted by Crippen LogP contribution is -2.30. The highest BCUT2D eigenvalue weighted by molar-refractivity contribution is 5.92. The lowest BCUT2D eigenvalue weighted by atomic mass is 10.3. The summed E-state index contributed by atoms with van der Waals surface area (Å²) in [5.74, 6) is 0.691. The zero-order valence-corrected chi connectivity index (χ0v) is 11.8. The van der Waals surface area contributed by atoms with Crippen molar-refractivity contribution in [2.75, 3.05) is 18.4 Å². The second-order valence-corrected chi connectivity index (χ2v) is 4.66. The number of carbonyl (C=O) groups excluding carboxylic acids is 1. The topological polar surface area (TPSA) is 63.1 Å². The molecule has 1 amide bonds. The van der Waals surface area contributed by atoms with Gasteiger partial charge >= 0.3 is 0 Å². The van der Waals surface area contributed by atoms with Crippen molar-refractivity contribution in [1.29, 1.82) is 0 Å². The summed E-state index contributed by atoms with van der Waals surface area (Å²) < 4.78 is 1.56. The van der Waals surface area contributed by atoms with E-state index < -0.39 is 0 Å². The highest BCUT2D eigenvalue weighted by Crippen LogP contribution is 2.27. The average Bonchev–Trinajstić information content (AvgIpc) is 3.15. The van der Waals surface area contributed by atoms with Gasteiger partial charge in [0, 0.05) is 18.8 Å². The Labute approximate surface area is 118 Å². The van der Waals surface area contributed by atoms with E-state index >= 15 is 0 Å². The van der Waals surface area contributed by atoms with E-state index in [0.717, 1.165) is 12.5 Å². The van der Waals surface area contributed by atoms with Gasteiger partial charge in [-0.05, 0) is 38.3 Å². The number of hydrogen-bond acceptors (Lipinski definition) is 3. The Morgan fingerprint density at radius 2 is 2.16 bits per heavy atom. The maximum atomic E-state index is 11.6. The highest BCUT2D eigenvalue weighted by Gasteiger charge is 2.20. The summed E-state index contributed by atoms with van der Waals surface area (Å²) in [5.41, 5.74) is 0.608. The van der Waals surface area contributed by atoms with Crippen molar-refractivity contribution in [1.82, 2.24) is 9.88 Å². The molecule has 1 fully saturated rings. The Kier molecular flexibility index (Phi) is 6.05. The van der Waals surface area contributed by atoms with Gasteiger partial charge in [-0.1, -0.05) is 0 Å². The first-order valence-corrected chi connectivity index (χ1v) is 6.40. The molecule has 0 spiro atoms. The summed E-state index contributed by atoms with van der Waals surface area (Å²) in [7, 11) is 0. The second kappa shape index (κ2) is 7.31. The van der Waals surface area contributed by atoms with Gasteiger partial charge in [0.1, 0.15) is 0 Å². The van der Waals surface area contributed by atoms with Crippen LogP contribution in [-0.2, 0) is 11.3 Å². The number of anilines is 1. The van der Waals surface area contributed by atoms with Gasteiger partial charge in [-0.2, -0.15) is 0 Å². The zero-order chi connectivity index (χ0) is 13.0. The Balaban J connectivity index is 0.00000180. The fourth-order valence-corrected chi connectivity index (χ4v) is 1.77. The van der Waals surface area contributed by atoms with E-state index in [1.54, 1.807) is 16.8 Å². The molecule has 2 rings (SSSR count). The minimum atomic E-state index is -0.0723. The van der Waals surface area contributed by atoms with Gasteiger partial charge in [-0.3, -0.25) is 9.59 Å². The number of hydrogen-bond donors (Lipinski definition) is 2. The van der Waals surface area contributed by atoms with Crippen LogP contribution >= 0.6 is 12.4 Å². The van der Waals surface area contributed by atoms with Crippen LogP contribution in [-0.4, -0.2) is 23.6 Å². The average molecular weight is 286 g/mol. The largest absolute Gasteiger partial charge is 0.324 e. The summed E-state index contributed by atoms with van der Waals surface area (Å²) in [5, 5.41) is 5.90. The van der Waals surface area contributed by atoms with Crippen LogP contribution in [0.15, 0.2) is 23.1 Å². The Morgan fingerprint density at radius 3 is 2.79 bits per heavy atom. The van der Waals surface area contributed by atoms with Crippen LogP contribution in [0.4, 0.5) is 5.69 Å². The van der Waals surface area contributed by atoms with Gasteiger partial charge in [0.05, 0.1) is 12.2 Å². The summed E-state index contributed by atoms with van der Waals surface area (Å²) in [4.78, 5) is 23.0. The Hall–Kier alpha value is -1.33. The molecule has 1 aliphatic rings. The molecule has 6 heteroatoms. The van der Waals surface area contributed by atoms with Crippen molar-refractivity contribution < 1.29 is 4.79 Å². The SMILES string of the molecule is CCn1cc(NC(=O)CNCC2CC2)ccc1=O.Cl. The van der Waals surface area contributed by atoms with Crippen molar-refractivity contribution in [2.45, 2.75) is 26.3 Å². The van der Waals surface area contributed by atoms with Gasteiger partial charge in [-0.25, -0.2) is 0 Å². The number of carbonyl (C=O) groups is 1. The number of amides is 1. The fourth-order valence-electron chi connectivity index (χ4n) is 1.77. The van der Waals surface area contributed by atoms with Crippen molar-refractivity contribution in [3.63, 3.8) is 0 Å². The summed E-state index contributed by atoms with van der Waals surface area (Å²) >= 11 is 0. The fraction of sp³-hybridized carbons (Fsp3) is 0.538. The van der Waals surface area contributed by atoms with Crippen molar-refractivity contribution in [2.24, 2.45) is 5.92 Å². The summed E-state index contributed by atoms with van der Waals surface area (Å²) in [6.07, 6.45) is 4.22. The third-order valence-electron chi connectivity index (χ3n) is 3.02. The molecule has 1 aromatic rings. The minimum absolute atomic E-state index is 0. The Bertz CT molecular complexity index is 483. The number of nitrogens with zero attached hydrogens (tertiary/aromatic N) is 1. The van der Waals surface area contributed by atoms with Crippen molar-refractivity contribution in [3.05, 3.63) is 28.7 Å². The molecule has 1 aliphatic carbocycles. The number of halogens is 1. The monoisotopic (exact) mass is 285 g/mol. The quantitative estimate of drug-likeness (QED) is 0.826. The van der Waals surface area contributed by atoms with E-state index in [1.165, 1.54) is 18.9 Å². The van der Waals surface area contributed by atoms with Crippen LogP contribution in [0, 0.1) is 5.92 Å². The molecule has 0 aliphatic heterocycles. The molecule has 19 heavy (non-hydrogen) atoms. The van der Waals surface area contributed by atoms with E-state index in [0.29, 0.717) is 18.8 Å². The van der Waals surface area contributed by atoms with Crippen LogP contribution in [0.1, 0.15) is 19.8 Å². The van der Waals surface area contributed by atoms with Crippen LogP contribution in [0.2, 0.25) is 0 Å². The molecule has 106 valence electrons. The van der Waals surface area contributed by atoms with E-state index in [-0.39, 0.29) is 23.9 Å². The first-order valence-electron chi connectivity index (χ1n) is 6.40. The van der Waals surface area contributed by atoms with Gasteiger partial charge < -0.3 is 15.2 Å². The molecule has 5 nitrogen and oxygen atoms in total. The minimum Gasteiger partial charge on any atom is -0.324 e. The van der Waals surface area contributed by atoms with E-state index in [1.807, 2.05) is 6.92 Å². The summed E-state index contributed by atoms with van der Waals surface area (Å²) in [6, 6.07) is 3.10. The lowest BCUT2D eigenvalue weighted by Gasteiger charge is -2.08. The zero-order valence-electron chi connectivity index (χ0n) is 11.0. The van der Waals surface area contributed by atoms with Gasteiger partial charge in [0.15, 0.2) is 0 Å². The second-order valence-electron chi connectivity index (χ2n) is 4.66. The van der Waals surface area contributed by atoms with Crippen molar-refractivity contribution in [3.8, 4) is 0 Å². The van der Waals surface area contributed by atoms with Crippen LogP contribution in [0.25, 0.3) is 0 Å². The van der Waals surface area contributed by atoms with Crippen LogP contribution in [0.5, 0.6) is 0 Å². The molecule has 0 aromatic carbocycles. The van der Waals surface area contributed by atoms with Crippen molar-refractivity contribution >= 4 is 24.0 Å². The van der Waals surface area contributed by atoms with Gasteiger partial charge in [-0.15, -0.1) is 12.4 Å². The number of aryl methyl sites for hydroxylation is 1. The first-order chi connectivity index (χ1) is 8.69. The third-order valence-corrected chi connectivity index (χ3v) is 3.02. The number of aromatic nitrogens is 1. The lowest BCUT2D eigenvalue weighted by molar-refractivity contribution is -0.115. The standard InChI is InChI=1S/C13H19N3O2.ClH/c1-2-16-9-11(5-6-13(16)18)15-12(17)8-14-7-10-3-4-10;/h5-6,9-10,14H,2-4,7-8H2,1H3,(H,15,17);1H. The van der Waals surface area contributed by atoms with Crippen LogP contribution in [0.3, 0.4) is 0 Å². The highest BCUT2D eigenvalue weighted by atomic mass is 35.5. The molecular weight excluding hydrogens is 266 g/mol. The normalized spacial score (nSPS) is 13.7. The van der Waals surface area contributed by atoms with Crippen LogP contribution < -0.4 is 16.2 Å². The third kappa shape index (κ3) is 5.04. The number of nitrogens with one attached hydrogen (secondary N) is 2. The smallest absolute Gasteiger partial charge is 0.250 e. The maximum Gasteiger partial charge on any atom is 0.250 e. The predicted octanol–water partition coefficient (Wildman–Crippen LogP) is 1.23. The predicted molar refractivity (Wildman–Crippen MR) is 77.8 cm³/mol. The molecule has 0 atom stereocenters. The Morgan fingerprint density at radius 1 is 1.42 bits per heavy atom. The molecular formula is C13H20ClN3O2. The first kappa shape index (κ1) is 15.7. The van der Waals surface area contributed by atoms with E-state index in [2.05, 4.69) is 10.6 Å². The van der Waals surface area contributed by atoms with Gasteiger partial charge in [0.25, 0.3) is 5.56 Å². The number of pyridine rings is 1. The molecule has 2 N–H and O–H groups in total. The summed E-state index contributed by atoms with van der Waals surface area (Å²) in [6.45, 7) is 3.73. The van der Waals surface area contributed by atoms with E-state index in [9.17, 15) is 9.59 Å². The maximum absolute atomic E-state index is 11.6. The molecule has 0 radical (unpaired) electrons. The molecule has 1 heterocycles. The molecule has 1 saturated carbocycles. The molecule has 0 unspecified atom stereocenters.